The van der Waals surface area contributed by atoms with Gasteiger partial charge in [0.15, 0.2) is 12.3 Å². The number of hydrogen-bond acceptors (Lipinski definition) is 7. The molecule has 32 heavy (non-hydrogen) atoms. The van der Waals surface area contributed by atoms with Crippen LogP contribution in [0.1, 0.15) is 48.1 Å². The van der Waals surface area contributed by atoms with Crippen LogP contribution in [0.15, 0.2) is 53.1 Å². The summed E-state index contributed by atoms with van der Waals surface area (Å²) in [4.78, 5) is 28.5. The molecule has 164 valence electrons. The number of carbonyl (C=O) groups excluding carboxylic acids is 2. The normalized spacial score (nSPS) is 11.1. The Kier molecular flexibility index (Phi) is 6.25. The van der Waals surface area contributed by atoms with Crippen molar-refractivity contribution >= 4 is 22.8 Å². The van der Waals surface area contributed by atoms with Gasteiger partial charge in [0.1, 0.15) is 0 Å². The van der Waals surface area contributed by atoms with E-state index in [1.54, 1.807) is 6.07 Å². The Morgan fingerprint density at radius 3 is 2.69 bits per heavy atom. The Balaban J connectivity index is 1.23. The lowest BCUT2D eigenvalue weighted by Gasteiger charge is -2.04. The molecule has 2 N–H and O–H groups in total. The van der Waals surface area contributed by atoms with Crippen LogP contribution in [0.4, 0.5) is 0 Å². The lowest BCUT2D eigenvalue weighted by Crippen LogP contribution is -2.27. The molecular weight excluding hydrogens is 410 g/mol. The molecule has 0 aliphatic heterocycles. The summed E-state index contributed by atoms with van der Waals surface area (Å²) in [7, 11) is 0. The molecule has 0 aliphatic rings. The van der Waals surface area contributed by atoms with Crippen LogP contribution in [-0.4, -0.2) is 38.8 Å². The molecule has 9 heteroatoms. The third kappa shape index (κ3) is 4.83. The zero-order chi connectivity index (χ0) is 22.5. The predicted octanol–water partition coefficient (Wildman–Crippen LogP) is 3.60. The number of nitrogens with one attached hydrogen (secondary N) is 2. The van der Waals surface area contributed by atoms with Crippen LogP contribution in [0.3, 0.4) is 0 Å². The summed E-state index contributed by atoms with van der Waals surface area (Å²) in [6, 6.07) is 15.2. The zero-order valence-corrected chi connectivity index (χ0v) is 17.8. The molecule has 9 nitrogen and oxygen atoms in total. The van der Waals surface area contributed by atoms with Gasteiger partial charge in [-0.1, -0.05) is 61.5 Å². The maximum Gasteiger partial charge on any atom is 0.308 e. The standard InChI is InChI=1S/C23H23N5O4/c1-14(2)15-7-9-16(10-8-15)22-25-19(32-28-22)13-31-20(29)11-12-24-23(30)21-17-5-3-4-6-18(17)26-27-21/h3-10,14H,11-13H2,1-2H3,(H,24,30)(H,26,27). The third-order valence-corrected chi connectivity index (χ3v) is 4.96. The Hall–Kier alpha value is -4.01. The number of rotatable bonds is 8. The molecule has 0 saturated carbocycles. The molecule has 0 bridgehead atoms. The van der Waals surface area contributed by atoms with Gasteiger partial charge in [0, 0.05) is 17.5 Å². The van der Waals surface area contributed by atoms with Crippen molar-refractivity contribution in [3.05, 3.63) is 65.7 Å². The van der Waals surface area contributed by atoms with Crippen LogP contribution < -0.4 is 5.32 Å². The topological polar surface area (TPSA) is 123 Å². The predicted molar refractivity (Wildman–Crippen MR) is 117 cm³/mol. The van der Waals surface area contributed by atoms with Crippen LogP contribution in [0, 0.1) is 0 Å². The van der Waals surface area contributed by atoms with Crippen LogP contribution in [0.2, 0.25) is 0 Å². The Labute approximate surface area is 184 Å². The fourth-order valence-corrected chi connectivity index (χ4v) is 3.16. The van der Waals surface area contributed by atoms with E-state index in [9.17, 15) is 9.59 Å². The Bertz CT molecular complexity index is 1230. The van der Waals surface area contributed by atoms with E-state index in [0.29, 0.717) is 11.7 Å². The van der Waals surface area contributed by atoms with E-state index in [1.807, 2.05) is 42.5 Å². The average Bonchev–Trinajstić information content (AvgIpc) is 3.45. The zero-order valence-electron chi connectivity index (χ0n) is 17.8. The summed E-state index contributed by atoms with van der Waals surface area (Å²) in [6.45, 7) is 4.24. The third-order valence-electron chi connectivity index (χ3n) is 4.96. The highest BCUT2D eigenvalue weighted by Gasteiger charge is 2.15. The van der Waals surface area contributed by atoms with Gasteiger partial charge in [-0.2, -0.15) is 10.1 Å². The van der Waals surface area contributed by atoms with Crippen LogP contribution in [0.5, 0.6) is 0 Å². The molecule has 0 fully saturated rings. The number of ether oxygens (including phenoxy) is 1. The van der Waals surface area contributed by atoms with Crippen molar-refractivity contribution in [1.29, 1.82) is 0 Å². The van der Waals surface area contributed by atoms with Gasteiger partial charge in [0.2, 0.25) is 5.82 Å². The van der Waals surface area contributed by atoms with E-state index in [0.717, 1.165) is 16.5 Å². The molecule has 4 aromatic rings. The summed E-state index contributed by atoms with van der Waals surface area (Å²) in [5.41, 5.74) is 3.10. The number of fused-ring (bicyclic) bond motifs is 1. The molecular formula is C23H23N5O4. The van der Waals surface area contributed by atoms with Crippen molar-refractivity contribution in [2.24, 2.45) is 0 Å². The highest BCUT2D eigenvalue weighted by atomic mass is 16.6. The molecule has 0 unspecified atom stereocenters. The molecule has 0 spiro atoms. The van der Waals surface area contributed by atoms with Crippen molar-refractivity contribution in [3.63, 3.8) is 0 Å². The molecule has 1 amide bonds. The van der Waals surface area contributed by atoms with Gasteiger partial charge >= 0.3 is 5.97 Å². The van der Waals surface area contributed by atoms with Gasteiger partial charge in [-0.15, -0.1) is 0 Å². The molecule has 2 aromatic heterocycles. The largest absolute Gasteiger partial charge is 0.456 e. The van der Waals surface area contributed by atoms with Gasteiger partial charge < -0.3 is 14.6 Å². The highest BCUT2D eigenvalue weighted by molar-refractivity contribution is 6.04. The lowest BCUT2D eigenvalue weighted by atomic mass is 10.0. The Morgan fingerprint density at radius 1 is 1.12 bits per heavy atom. The second kappa shape index (κ2) is 9.42. The number of hydrogen-bond donors (Lipinski definition) is 2. The van der Waals surface area contributed by atoms with Crippen molar-refractivity contribution in [3.8, 4) is 11.4 Å². The fourth-order valence-electron chi connectivity index (χ4n) is 3.16. The fraction of sp³-hybridized carbons (Fsp3) is 0.261. The molecule has 0 atom stereocenters. The molecule has 2 heterocycles. The van der Waals surface area contributed by atoms with Crippen LogP contribution in [-0.2, 0) is 16.1 Å². The van der Waals surface area contributed by atoms with E-state index >= 15 is 0 Å². The van der Waals surface area contributed by atoms with Crippen molar-refractivity contribution < 1.29 is 18.8 Å². The second-order valence-electron chi connectivity index (χ2n) is 7.57. The minimum absolute atomic E-state index is 0.00571. The first kappa shape index (κ1) is 21.2. The monoisotopic (exact) mass is 433 g/mol. The number of esters is 1. The molecule has 0 aliphatic carbocycles. The number of nitrogens with zero attached hydrogens (tertiary/aromatic N) is 3. The average molecular weight is 433 g/mol. The number of aromatic nitrogens is 4. The molecule has 0 radical (unpaired) electrons. The van der Waals surface area contributed by atoms with Crippen molar-refractivity contribution in [2.45, 2.75) is 32.8 Å². The lowest BCUT2D eigenvalue weighted by molar-refractivity contribution is -0.145. The summed E-state index contributed by atoms with van der Waals surface area (Å²) >= 11 is 0. The van der Waals surface area contributed by atoms with Crippen molar-refractivity contribution in [2.75, 3.05) is 6.54 Å². The first-order valence-electron chi connectivity index (χ1n) is 10.3. The second-order valence-corrected chi connectivity index (χ2v) is 7.57. The molecule has 4 rings (SSSR count). The van der Waals surface area contributed by atoms with Crippen LogP contribution in [0.25, 0.3) is 22.3 Å². The van der Waals surface area contributed by atoms with Crippen molar-refractivity contribution in [1.82, 2.24) is 25.7 Å². The van der Waals surface area contributed by atoms with Gasteiger partial charge in [0.25, 0.3) is 11.8 Å². The van der Waals surface area contributed by atoms with Gasteiger partial charge in [-0.05, 0) is 17.5 Å². The first-order valence-corrected chi connectivity index (χ1v) is 10.3. The quantitative estimate of drug-likeness (QED) is 0.407. The maximum atomic E-state index is 12.3. The summed E-state index contributed by atoms with van der Waals surface area (Å²) in [6.07, 6.45) is 0.00571. The summed E-state index contributed by atoms with van der Waals surface area (Å²) in [5, 5.41) is 14.2. The first-order chi connectivity index (χ1) is 15.5. The highest BCUT2D eigenvalue weighted by Crippen LogP contribution is 2.20. The SMILES string of the molecule is CC(C)c1ccc(-c2noc(COC(=O)CCNC(=O)c3n[nH]c4ccccc34)n2)cc1. The minimum atomic E-state index is -0.488. The maximum absolute atomic E-state index is 12.3. The summed E-state index contributed by atoms with van der Waals surface area (Å²) < 4.78 is 10.3. The number of benzene rings is 2. The number of amides is 1. The number of para-hydroxylation sites is 1. The molecule has 0 saturated heterocycles. The Morgan fingerprint density at radius 2 is 1.91 bits per heavy atom. The van der Waals surface area contributed by atoms with E-state index in [-0.39, 0.29) is 37.1 Å². The van der Waals surface area contributed by atoms with Crippen LogP contribution >= 0.6 is 0 Å². The van der Waals surface area contributed by atoms with Gasteiger partial charge in [-0.3, -0.25) is 14.7 Å². The minimum Gasteiger partial charge on any atom is -0.456 e. The number of H-pyrrole nitrogens is 1. The smallest absolute Gasteiger partial charge is 0.308 e. The van der Waals surface area contributed by atoms with E-state index in [1.165, 1.54) is 5.56 Å². The van der Waals surface area contributed by atoms with Gasteiger partial charge in [-0.25, -0.2) is 0 Å². The number of carbonyl (C=O) groups is 2. The number of aromatic amines is 1. The van der Waals surface area contributed by atoms with E-state index in [2.05, 4.69) is 39.5 Å². The molecule has 2 aromatic carbocycles. The van der Waals surface area contributed by atoms with Gasteiger partial charge in [0.05, 0.1) is 11.9 Å². The summed E-state index contributed by atoms with van der Waals surface area (Å²) in [5.74, 6) is 0.226. The van der Waals surface area contributed by atoms with E-state index < -0.39 is 5.97 Å². The van der Waals surface area contributed by atoms with E-state index in [4.69, 9.17) is 9.26 Å².